The van der Waals surface area contributed by atoms with Crippen LogP contribution >= 0.6 is 8.81 Å². The van der Waals surface area contributed by atoms with Crippen molar-refractivity contribution < 1.29 is 14.1 Å². The van der Waals surface area contributed by atoms with Crippen LogP contribution in [-0.4, -0.2) is 26.4 Å². The molecule has 0 saturated carbocycles. The molecule has 0 amide bonds. The molecule has 0 rings (SSSR count). The molecule has 0 aliphatic carbocycles. The molecule has 4 heteroatoms. The molecule has 0 bridgehead atoms. The Balaban J connectivity index is 2.99. The van der Waals surface area contributed by atoms with Gasteiger partial charge in [0, 0.05) is 15.9 Å². The van der Waals surface area contributed by atoms with E-state index in [1.165, 1.54) is 7.11 Å². The number of carbonyl (C=O) groups is 1. The van der Waals surface area contributed by atoms with E-state index in [4.69, 9.17) is 0 Å². The minimum absolute atomic E-state index is 0.217. The van der Waals surface area contributed by atoms with Gasteiger partial charge >= 0.3 is 5.97 Å². The van der Waals surface area contributed by atoms with Crippen LogP contribution in [0.5, 0.6) is 0 Å². The first-order valence-electron chi connectivity index (χ1n) is 2.14. The Labute approximate surface area is 50.2 Å². The summed E-state index contributed by atoms with van der Waals surface area (Å²) in [5.74, 6) is -0.217. The maximum Gasteiger partial charge on any atom is 0.311 e. The molecule has 0 heterocycles. The van der Waals surface area contributed by atoms with Gasteiger partial charge in [-0.1, -0.05) is 0 Å². The fourth-order valence-corrected chi connectivity index (χ4v) is 0.610. The number of hydrogen-bond acceptors (Lipinski definition) is 3. The predicted octanol–water partition coefficient (Wildman–Crippen LogP) is 0.399. The molecule has 0 radical (unpaired) electrons. The molecule has 3 nitrogen and oxygen atoms in total. The number of rotatable bonds is 3. The molecule has 0 aromatic heterocycles. The van der Waals surface area contributed by atoms with Crippen molar-refractivity contribution in [3.63, 3.8) is 0 Å². The lowest BCUT2D eigenvalue weighted by Gasteiger charge is -1.94. The Morgan fingerprint density at radius 1 is 1.62 bits per heavy atom. The number of hydrogen-bond donors (Lipinski definition) is 0. The van der Waals surface area contributed by atoms with Gasteiger partial charge in [0.1, 0.15) is 0 Å². The van der Waals surface area contributed by atoms with Crippen molar-refractivity contribution in [2.45, 2.75) is 0 Å². The molecule has 8 heavy (non-hydrogen) atoms. The largest absolute Gasteiger partial charge is 0.469 e. The van der Waals surface area contributed by atoms with Crippen molar-refractivity contribution in [2.75, 3.05) is 20.4 Å². The first kappa shape index (κ1) is 7.86. The van der Waals surface area contributed by atoms with Crippen LogP contribution in [-0.2, 0) is 14.1 Å². The van der Waals surface area contributed by atoms with Crippen molar-refractivity contribution in [2.24, 2.45) is 0 Å². The zero-order chi connectivity index (χ0) is 6.41. The van der Waals surface area contributed by atoms with E-state index >= 15 is 0 Å². The highest BCUT2D eigenvalue weighted by Crippen LogP contribution is 2.07. The summed E-state index contributed by atoms with van der Waals surface area (Å²) in [5, 5.41) is 0. The minimum Gasteiger partial charge on any atom is -0.469 e. The van der Waals surface area contributed by atoms with E-state index in [-0.39, 0.29) is 14.8 Å². The highest BCUT2D eigenvalue weighted by Gasteiger charge is 1.95. The molecule has 0 N–H and O–H groups in total. The Bertz CT molecular complexity index is 73.7. The summed E-state index contributed by atoms with van der Waals surface area (Å²) in [7, 11) is 3.15. The van der Waals surface area contributed by atoms with Crippen molar-refractivity contribution >= 4 is 14.8 Å². The molecule has 1 atom stereocenters. The molecule has 0 saturated heterocycles. The predicted molar refractivity (Wildman–Crippen MR) is 32.2 cm³/mol. The van der Waals surface area contributed by atoms with Gasteiger partial charge < -0.3 is 9.26 Å². The monoisotopic (exact) mass is 136 g/mol. The molecule has 0 fully saturated rings. The van der Waals surface area contributed by atoms with Gasteiger partial charge in [-0.05, 0) is 0 Å². The van der Waals surface area contributed by atoms with E-state index in [9.17, 15) is 4.79 Å². The smallest absolute Gasteiger partial charge is 0.311 e. The number of ether oxygens (including phenoxy) is 1. The quantitative estimate of drug-likeness (QED) is 0.416. The summed E-state index contributed by atoms with van der Waals surface area (Å²) < 4.78 is 8.98. The van der Waals surface area contributed by atoms with E-state index in [2.05, 4.69) is 9.26 Å². The molecule has 0 aliphatic heterocycles. The van der Waals surface area contributed by atoms with Gasteiger partial charge in [-0.3, -0.25) is 4.79 Å². The molecular weight excluding hydrogens is 127 g/mol. The Kier molecular flexibility index (Phi) is 4.92. The molecule has 1 unspecified atom stereocenters. The van der Waals surface area contributed by atoms with E-state index < -0.39 is 0 Å². The summed E-state index contributed by atoms with van der Waals surface area (Å²) in [6.07, 6.45) is 0.368. The van der Waals surface area contributed by atoms with E-state index in [0.29, 0.717) is 6.16 Å². The van der Waals surface area contributed by atoms with Gasteiger partial charge in [-0.25, -0.2) is 0 Å². The lowest BCUT2D eigenvalue weighted by molar-refractivity contribution is -0.137. The van der Waals surface area contributed by atoms with Crippen molar-refractivity contribution in [3.05, 3.63) is 0 Å². The van der Waals surface area contributed by atoms with Gasteiger partial charge in [0.15, 0.2) is 0 Å². The van der Waals surface area contributed by atoms with Crippen molar-refractivity contribution in [1.82, 2.24) is 0 Å². The van der Waals surface area contributed by atoms with Crippen molar-refractivity contribution in [3.8, 4) is 0 Å². The maximum absolute atomic E-state index is 10.3. The van der Waals surface area contributed by atoms with E-state index in [0.717, 1.165) is 0 Å². The van der Waals surface area contributed by atoms with Gasteiger partial charge in [-0.2, -0.15) is 0 Å². The summed E-state index contributed by atoms with van der Waals surface area (Å²) >= 11 is 0. The van der Waals surface area contributed by atoms with Crippen LogP contribution in [0.1, 0.15) is 0 Å². The van der Waals surface area contributed by atoms with Gasteiger partial charge in [-0.15, -0.1) is 0 Å². The zero-order valence-electron chi connectivity index (χ0n) is 4.93. The third-order valence-corrected chi connectivity index (χ3v) is 1.31. The number of esters is 1. The lowest BCUT2D eigenvalue weighted by atomic mass is 10.8. The topological polar surface area (TPSA) is 35.5 Å². The summed E-state index contributed by atoms with van der Waals surface area (Å²) in [6.45, 7) is 0. The highest BCUT2D eigenvalue weighted by molar-refractivity contribution is 7.33. The van der Waals surface area contributed by atoms with Crippen LogP contribution in [0, 0.1) is 0 Å². The van der Waals surface area contributed by atoms with Crippen molar-refractivity contribution in [1.29, 1.82) is 0 Å². The van der Waals surface area contributed by atoms with Gasteiger partial charge in [0.05, 0.1) is 13.3 Å². The van der Waals surface area contributed by atoms with Crippen LogP contribution in [0.4, 0.5) is 0 Å². The van der Waals surface area contributed by atoms with E-state index in [1.54, 1.807) is 7.11 Å². The summed E-state index contributed by atoms with van der Waals surface area (Å²) in [6, 6.07) is 0. The van der Waals surface area contributed by atoms with Gasteiger partial charge in [0.25, 0.3) is 0 Å². The Morgan fingerprint density at radius 3 is 2.62 bits per heavy atom. The first-order valence-corrected chi connectivity index (χ1v) is 3.25. The molecule has 0 aliphatic rings. The van der Waals surface area contributed by atoms with Crippen LogP contribution in [0.3, 0.4) is 0 Å². The Hall–Kier alpha value is -0.140. The average molecular weight is 136 g/mol. The third-order valence-electron chi connectivity index (χ3n) is 0.589. The average Bonchev–Trinajstić information content (AvgIpc) is 1.83. The standard InChI is InChI=1S/C4H9O3P/c1-6-4(5)3-8-7-2/h8H,3H2,1-2H3. The first-order chi connectivity index (χ1) is 3.81. The molecule has 0 aromatic carbocycles. The zero-order valence-corrected chi connectivity index (χ0v) is 5.93. The second-order valence-corrected chi connectivity index (χ2v) is 2.15. The fraction of sp³-hybridized carbons (Fsp3) is 0.750. The molecule has 0 aromatic rings. The Morgan fingerprint density at radius 2 is 2.25 bits per heavy atom. The third kappa shape index (κ3) is 4.03. The van der Waals surface area contributed by atoms with Crippen LogP contribution < -0.4 is 0 Å². The van der Waals surface area contributed by atoms with Crippen LogP contribution in [0.15, 0.2) is 0 Å². The molecule has 48 valence electrons. The van der Waals surface area contributed by atoms with E-state index in [1.807, 2.05) is 0 Å². The maximum atomic E-state index is 10.3. The second-order valence-electron chi connectivity index (χ2n) is 1.10. The number of carbonyl (C=O) groups excluding carboxylic acids is 1. The normalized spacial score (nSPS) is 10.2. The van der Waals surface area contributed by atoms with Gasteiger partial charge in [0.2, 0.25) is 0 Å². The second kappa shape index (κ2) is 5.01. The van der Waals surface area contributed by atoms with Crippen LogP contribution in [0.2, 0.25) is 0 Å². The fourth-order valence-electron chi connectivity index (χ4n) is 0.203. The molecular formula is C4H9O3P. The minimum atomic E-state index is -0.217. The summed E-state index contributed by atoms with van der Waals surface area (Å²) in [5.41, 5.74) is 0. The highest BCUT2D eigenvalue weighted by atomic mass is 31.1. The SMILES string of the molecule is COPCC(=O)OC. The summed E-state index contributed by atoms with van der Waals surface area (Å²) in [4.78, 5) is 10.3. The van der Waals surface area contributed by atoms with Crippen LogP contribution in [0.25, 0.3) is 0 Å². The molecule has 0 spiro atoms. The number of methoxy groups -OCH3 is 1. The lowest BCUT2D eigenvalue weighted by Crippen LogP contribution is -2.01.